The Morgan fingerprint density at radius 2 is 2.44 bits per heavy atom. The van der Waals surface area contributed by atoms with Gasteiger partial charge in [-0.15, -0.1) is 0 Å². The Labute approximate surface area is 107 Å². The first-order valence-corrected chi connectivity index (χ1v) is 6.22. The third kappa shape index (κ3) is 2.98. The van der Waals surface area contributed by atoms with Crippen LogP contribution in [0.2, 0.25) is 0 Å². The molecule has 5 heteroatoms. The molecule has 98 valence electrons. The maximum absolute atomic E-state index is 11.9. The number of nitrogens with two attached hydrogens (primary N) is 1. The summed E-state index contributed by atoms with van der Waals surface area (Å²) in [6.45, 7) is 0.446. The molecule has 0 aromatic carbocycles. The molecule has 2 rings (SSSR count). The van der Waals surface area contributed by atoms with Gasteiger partial charge in [-0.1, -0.05) is 6.07 Å². The fourth-order valence-electron chi connectivity index (χ4n) is 2.32. The highest BCUT2D eigenvalue weighted by atomic mass is 16.5. The number of rotatable bonds is 4. The standard InChI is InChI=1S/C13H19N3O2/c1-18-13-10(3-2-6-15-13)8-16-12(17)9-4-5-11(14)7-9/h2-3,6,9,11H,4-5,7-8,14H2,1H3,(H,16,17). The normalized spacial score (nSPS) is 22.8. The van der Waals surface area contributed by atoms with E-state index in [1.807, 2.05) is 12.1 Å². The lowest BCUT2D eigenvalue weighted by Crippen LogP contribution is -2.30. The summed E-state index contributed by atoms with van der Waals surface area (Å²) in [4.78, 5) is 16.0. The predicted molar refractivity (Wildman–Crippen MR) is 68.0 cm³/mol. The lowest BCUT2D eigenvalue weighted by Gasteiger charge is -2.12. The lowest BCUT2D eigenvalue weighted by atomic mass is 10.1. The molecule has 1 aromatic rings. The Balaban J connectivity index is 1.89. The summed E-state index contributed by atoms with van der Waals surface area (Å²) in [6, 6.07) is 3.90. The van der Waals surface area contributed by atoms with Crippen molar-refractivity contribution in [2.24, 2.45) is 11.7 Å². The van der Waals surface area contributed by atoms with Gasteiger partial charge in [-0.2, -0.15) is 0 Å². The summed E-state index contributed by atoms with van der Waals surface area (Å²) in [7, 11) is 1.57. The highest BCUT2D eigenvalue weighted by molar-refractivity contribution is 5.79. The van der Waals surface area contributed by atoms with Gasteiger partial charge in [0.15, 0.2) is 0 Å². The van der Waals surface area contributed by atoms with E-state index in [9.17, 15) is 4.79 Å². The molecular formula is C13H19N3O2. The van der Waals surface area contributed by atoms with E-state index in [2.05, 4.69) is 10.3 Å². The van der Waals surface area contributed by atoms with Crippen LogP contribution in [0.4, 0.5) is 0 Å². The monoisotopic (exact) mass is 249 g/mol. The molecule has 0 saturated heterocycles. The molecule has 2 atom stereocenters. The molecular weight excluding hydrogens is 230 g/mol. The Morgan fingerprint density at radius 1 is 1.61 bits per heavy atom. The van der Waals surface area contributed by atoms with Crippen LogP contribution in [0.5, 0.6) is 5.88 Å². The van der Waals surface area contributed by atoms with Crippen molar-refractivity contribution < 1.29 is 9.53 Å². The van der Waals surface area contributed by atoms with Crippen molar-refractivity contribution in [3.05, 3.63) is 23.9 Å². The molecule has 18 heavy (non-hydrogen) atoms. The number of amides is 1. The molecule has 1 aromatic heterocycles. The molecule has 5 nitrogen and oxygen atoms in total. The molecule has 1 aliphatic carbocycles. The number of methoxy groups -OCH3 is 1. The van der Waals surface area contributed by atoms with E-state index in [-0.39, 0.29) is 17.9 Å². The van der Waals surface area contributed by atoms with Gasteiger partial charge in [0, 0.05) is 30.3 Å². The topological polar surface area (TPSA) is 77.2 Å². The number of carbonyl (C=O) groups excluding carboxylic acids is 1. The molecule has 3 N–H and O–H groups in total. The maximum atomic E-state index is 11.9. The number of aromatic nitrogens is 1. The minimum Gasteiger partial charge on any atom is -0.481 e. The number of hydrogen-bond acceptors (Lipinski definition) is 4. The van der Waals surface area contributed by atoms with Crippen molar-refractivity contribution >= 4 is 5.91 Å². The average Bonchev–Trinajstić information content (AvgIpc) is 2.83. The Kier molecular flexibility index (Phi) is 4.15. The van der Waals surface area contributed by atoms with Gasteiger partial charge in [0.1, 0.15) is 0 Å². The highest BCUT2D eigenvalue weighted by Crippen LogP contribution is 2.24. The van der Waals surface area contributed by atoms with E-state index >= 15 is 0 Å². The van der Waals surface area contributed by atoms with Crippen molar-refractivity contribution in [1.29, 1.82) is 0 Å². The predicted octanol–water partition coefficient (Wildman–Crippen LogP) is 0.834. The van der Waals surface area contributed by atoms with Gasteiger partial charge in [-0.25, -0.2) is 4.98 Å². The first-order valence-electron chi connectivity index (χ1n) is 6.22. The number of ether oxygens (including phenoxy) is 1. The molecule has 0 aliphatic heterocycles. The molecule has 1 saturated carbocycles. The lowest BCUT2D eigenvalue weighted by molar-refractivity contribution is -0.125. The zero-order valence-corrected chi connectivity index (χ0v) is 10.6. The number of carbonyl (C=O) groups is 1. The van der Waals surface area contributed by atoms with E-state index in [1.54, 1.807) is 13.3 Å². The first-order chi connectivity index (χ1) is 8.70. The van der Waals surface area contributed by atoms with Gasteiger partial charge in [0.05, 0.1) is 7.11 Å². The Morgan fingerprint density at radius 3 is 3.11 bits per heavy atom. The summed E-state index contributed by atoms with van der Waals surface area (Å²) >= 11 is 0. The second kappa shape index (κ2) is 5.82. The third-order valence-electron chi connectivity index (χ3n) is 3.34. The zero-order valence-electron chi connectivity index (χ0n) is 10.6. The second-order valence-electron chi connectivity index (χ2n) is 4.66. The van der Waals surface area contributed by atoms with Crippen LogP contribution in [0.15, 0.2) is 18.3 Å². The fraction of sp³-hybridized carbons (Fsp3) is 0.538. The van der Waals surface area contributed by atoms with Crippen molar-refractivity contribution in [2.45, 2.75) is 31.8 Å². The second-order valence-corrected chi connectivity index (χ2v) is 4.66. The Hall–Kier alpha value is -1.62. The Bertz CT molecular complexity index is 422. The van der Waals surface area contributed by atoms with Crippen molar-refractivity contribution in [3.8, 4) is 5.88 Å². The van der Waals surface area contributed by atoms with Crippen LogP contribution in [0.25, 0.3) is 0 Å². The molecule has 2 unspecified atom stereocenters. The number of pyridine rings is 1. The van der Waals surface area contributed by atoms with E-state index in [4.69, 9.17) is 10.5 Å². The van der Waals surface area contributed by atoms with E-state index in [0.29, 0.717) is 12.4 Å². The summed E-state index contributed by atoms with van der Waals surface area (Å²) in [6.07, 6.45) is 4.28. The fourth-order valence-corrected chi connectivity index (χ4v) is 2.32. The SMILES string of the molecule is COc1ncccc1CNC(=O)C1CCC(N)C1. The van der Waals surface area contributed by atoms with Gasteiger partial charge >= 0.3 is 0 Å². The van der Waals surface area contributed by atoms with Crippen LogP contribution >= 0.6 is 0 Å². The van der Waals surface area contributed by atoms with Gasteiger partial charge in [0.2, 0.25) is 11.8 Å². The van der Waals surface area contributed by atoms with E-state index in [0.717, 1.165) is 24.8 Å². The molecule has 0 bridgehead atoms. The van der Waals surface area contributed by atoms with Crippen LogP contribution in [0.1, 0.15) is 24.8 Å². The van der Waals surface area contributed by atoms with Gasteiger partial charge in [-0.3, -0.25) is 4.79 Å². The quantitative estimate of drug-likeness (QED) is 0.828. The van der Waals surface area contributed by atoms with Crippen LogP contribution in [-0.2, 0) is 11.3 Å². The summed E-state index contributed by atoms with van der Waals surface area (Å²) in [5.74, 6) is 0.692. The molecule has 1 amide bonds. The van der Waals surface area contributed by atoms with Crippen LogP contribution in [0.3, 0.4) is 0 Å². The molecule has 0 radical (unpaired) electrons. The first kappa shape index (κ1) is 12.8. The molecule has 1 fully saturated rings. The number of nitrogens with zero attached hydrogens (tertiary/aromatic N) is 1. The van der Waals surface area contributed by atoms with Gasteiger partial charge in [-0.05, 0) is 25.3 Å². The summed E-state index contributed by atoms with van der Waals surface area (Å²) in [5, 5.41) is 2.92. The van der Waals surface area contributed by atoms with Crippen LogP contribution in [-0.4, -0.2) is 24.0 Å². The highest BCUT2D eigenvalue weighted by Gasteiger charge is 2.27. The minimum absolute atomic E-state index is 0.0580. The number of nitrogens with one attached hydrogen (secondary N) is 1. The van der Waals surface area contributed by atoms with Crippen LogP contribution < -0.4 is 15.8 Å². The van der Waals surface area contributed by atoms with E-state index in [1.165, 1.54) is 0 Å². The third-order valence-corrected chi connectivity index (χ3v) is 3.34. The maximum Gasteiger partial charge on any atom is 0.223 e. The zero-order chi connectivity index (χ0) is 13.0. The van der Waals surface area contributed by atoms with Crippen LogP contribution in [0, 0.1) is 5.92 Å². The van der Waals surface area contributed by atoms with Crippen molar-refractivity contribution in [1.82, 2.24) is 10.3 Å². The number of hydrogen-bond donors (Lipinski definition) is 2. The minimum atomic E-state index is 0.0580. The summed E-state index contributed by atoms with van der Waals surface area (Å²) in [5.41, 5.74) is 6.69. The van der Waals surface area contributed by atoms with Gasteiger partial charge in [0.25, 0.3) is 0 Å². The molecule has 1 aliphatic rings. The summed E-state index contributed by atoms with van der Waals surface area (Å²) < 4.78 is 5.14. The van der Waals surface area contributed by atoms with E-state index < -0.39 is 0 Å². The van der Waals surface area contributed by atoms with Gasteiger partial charge < -0.3 is 15.8 Å². The largest absolute Gasteiger partial charge is 0.481 e. The molecule has 0 spiro atoms. The van der Waals surface area contributed by atoms with Crippen molar-refractivity contribution in [3.63, 3.8) is 0 Å². The van der Waals surface area contributed by atoms with Crippen molar-refractivity contribution in [2.75, 3.05) is 7.11 Å². The smallest absolute Gasteiger partial charge is 0.223 e. The molecule has 1 heterocycles. The average molecular weight is 249 g/mol.